The van der Waals surface area contributed by atoms with Crippen molar-refractivity contribution in [2.75, 3.05) is 26.2 Å². The second kappa shape index (κ2) is 9.22. The number of aliphatic carboxylic acids is 1. The second-order valence-electron chi connectivity index (χ2n) is 6.38. The van der Waals surface area contributed by atoms with Crippen LogP contribution in [0.2, 0.25) is 0 Å². The molecule has 1 N–H and O–H groups in total. The Morgan fingerprint density at radius 2 is 2.04 bits per heavy atom. The molecule has 0 radical (unpaired) electrons. The SMILES string of the molecule is CCOc1cccc(C(=O)N2CCCC(N(CC(=O)O)C(C)=O)CC2)c1. The first-order valence-electron chi connectivity index (χ1n) is 8.93. The summed E-state index contributed by atoms with van der Waals surface area (Å²) in [4.78, 5) is 38.8. The van der Waals surface area contributed by atoms with Gasteiger partial charge in [0.1, 0.15) is 12.3 Å². The Labute approximate surface area is 153 Å². The van der Waals surface area contributed by atoms with Crippen LogP contribution in [0.25, 0.3) is 0 Å². The Kier molecular flexibility index (Phi) is 7.00. The number of hydrogen-bond acceptors (Lipinski definition) is 4. The highest BCUT2D eigenvalue weighted by atomic mass is 16.5. The van der Waals surface area contributed by atoms with E-state index >= 15 is 0 Å². The maximum absolute atomic E-state index is 12.8. The van der Waals surface area contributed by atoms with Crippen LogP contribution in [0.4, 0.5) is 0 Å². The van der Waals surface area contributed by atoms with Crippen LogP contribution < -0.4 is 4.74 Å². The topological polar surface area (TPSA) is 87.2 Å². The van der Waals surface area contributed by atoms with Crippen LogP contribution in [0.5, 0.6) is 5.75 Å². The van der Waals surface area contributed by atoms with Gasteiger partial charge in [-0.2, -0.15) is 0 Å². The van der Waals surface area contributed by atoms with Gasteiger partial charge in [-0.15, -0.1) is 0 Å². The molecule has 0 aromatic heterocycles. The van der Waals surface area contributed by atoms with E-state index in [-0.39, 0.29) is 24.4 Å². The summed E-state index contributed by atoms with van der Waals surface area (Å²) in [5.74, 6) is -0.679. The van der Waals surface area contributed by atoms with E-state index < -0.39 is 5.97 Å². The Hall–Kier alpha value is -2.57. The quantitative estimate of drug-likeness (QED) is 0.836. The molecular formula is C19H26N2O5. The number of hydrogen-bond donors (Lipinski definition) is 1. The van der Waals surface area contributed by atoms with Crippen molar-refractivity contribution in [2.45, 2.75) is 39.2 Å². The van der Waals surface area contributed by atoms with Gasteiger partial charge in [-0.05, 0) is 44.4 Å². The molecule has 0 spiro atoms. The van der Waals surface area contributed by atoms with Gasteiger partial charge in [-0.1, -0.05) is 6.07 Å². The molecule has 0 saturated carbocycles. The molecule has 1 aliphatic rings. The van der Waals surface area contributed by atoms with Crippen molar-refractivity contribution >= 4 is 17.8 Å². The average molecular weight is 362 g/mol. The van der Waals surface area contributed by atoms with Crippen LogP contribution in [0.3, 0.4) is 0 Å². The predicted octanol–water partition coefficient (Wildman–Crippen LogP) is 2.01. The molecule has 1 unspecified atom stereocenters. The number of nitrogens with zero attached hydrogens (tertiary/aromatic N) is 2. The van der Waals surface area contributed by atoms with Gasteiger partial charge in [0, 0.05) is 31.6 Å². The minimum Gasteiger partial charge on any atom is -0.494 e. The van der Waals surface area contributed by atoms with E-state index in [1.807, 2.05) is 13.0 Å². The molecule has 7 heteroatoms. The normalized spacial score (nSPS) is 17.3. The fraction of sp³-hybridized carbons (Fsp3) is 0.526. The number of ether oxygens (including phenoxy) is 1. The van der Waals surface area contributed by atoms with Gasteiger partial charge in [0.05, 0.1) is 6.61 Å². The summed E-state index contributed by atoms with van der Waals surface area (Å²) in [5, 5.41) is 9.02. The van der Waals surface area contributed by atoms with Crippen molar-refractivity contribution in [2.24, 2.45) is 0 Å². The van der Waals surface area contributed by atoms with Crippen molar-refractivity contribution in [1.82, 2.24) is 9.80 Å². The van der Waals surface area contributed by atoms with E-state index in [2.05, 4.69) is 0 Å². The molecule has 142 valence electrons. The van der Waals surface area contributed by atoms with Gasteiger partial charge in [-0.25, -0.2) is 0 Å². The molecule has 26 heavy (non-hydrogen) atoms. The Morgan fingerprint density at radius 1 is 1.27 bits per heavy atom. The lowest BCUT2D eigenvalue weighted by Crippen LogP contribution is -2.43. The summed E-state index contributed by atoms with van der Waals surface area (Å²) in [6, 6.07) is 6.95. The summed E-state index contributed by atoms with van der Waals surface area (Å²) in [6.45, 7) is 4.59. The highest BCUT2D eigenvalue weighted by molar-refractivity contribution is 5.94. The van der Waals surface area contributed by atoms with Crippen molar-refractivity contribution in [3.8, 4) is 5.75 Å². The fourth-order valence-electron chi connectivity index (χ4n) is 3.30. The zero-order chi connectivity index (χ0) is 19.1. The average Bonchev–Trinajstić information content (AvgIpc) is 2.85. The van der Waals surface area contributed by atoms with Gasteiger partial charge >= 0.3 is 5.97 Å². The maximum Gasteiger partial charge on any atom is 0.323 e. The summed E-state index contributed by atoms with van der Waals surface area (Å²) in [5.41, 5.74) is 0.573. The van der Waals surface area contributed by atoms with Crippen molar-refractivity contribution in [3.63, 3.8) is 0 Å². The number of carboxylic acid groups (broad SMARTS) is 1. The number of amides is 2. The highest BCUT2D eigenvalue weighted by Crippen LogP contribution is 2.20. The van der Waals surface area contributed by atoms with Gasteiger partial charge in [0.15, 0.2) is 0 Å². The summed E-state index contributed by atoms with van der Waals surface area (Å²) < 4.78 is 5.45. The minimum atomic E-state index is -1.02. The zero-order valence-electron chi connectivity index (χ0n) is 15.3. The van der Waals surface area contributed by atoms with E-state index in [1.54, 1.807) is 23.1 Å². The van der Waals surface area contributed by atoms with Gasteiger partial charge in [-0.3, -0.25) is 14.4 Å². The van der Waals surface area contributed by atoms with Crippen LogP contribution in [0.1, 0.15) is 43.5 Å². The molecule has 2 rings (SSSR count). The lowest BCUT2D eigenvalue weighted by Gasteiger charge is -2.28. The molecule has 1 aromatic carbocycles. The number of rotatable bonds is 6. The standard InChI is InChI=1S/C19H26N2O5/c1-3-26-17-8-4-6-15(12-17)19(25)20-10-5-7-16(9-11-20)21(14(2)22)13-18(23)24/h4,6,8,12,16H,3,5,7,9-11,13H2,1-2H3,(H,23,24). The van der Waals surface area contributed by atoms with E-state index in [1.165, 1.54) is 11.8 Å². The third-order valence-electron chi connectivity index (χ3n) is 4.53. The summed E-state index contributed by atoms with van der Waals surface area (Å²) >= 11 is 0. The van der Waals surface area contributed by atoms with Crippen molar-refractivity contribution in [1.29, 1.82) is 0 Å². The molecule has 1 atom stereocenters. The van der Waals surface area contributed by atoms with E-state index in [0.29, 0.717) is 43.9 Å². The first-order chi connectivity index (χ1) is 12.4. The molecule has 1 fully saturated rings. The van der Waals surface area contributed by atoms with Gasteiger partial charge < -0.3 is 19.6 Å². The third kappa shape index (κ3) is 5.21. The fourth-order valence-corrected chi connectivity index (χ4v) is 3.30. The largest absolute Gasteiger partial charge is 0.494 e. The van der Waals surface area contributed by atoms with E-state index in [4.69, 9.17) is 9.84 Å². The van der Waals surface area contributed by atoms with Gasteiger partial charge in [0.25, 0.3) is 5.91 Å². The second-order valence-corrected chi connectivity index (χ2v) is 6.38. The Balaban J connectivity index is 2.05. The molecule has 1 aliphatic heterocycles. The predicted molar refractivity (Wildman–Crippen MR) is 96.2 cm³/mol. The molecule has 1 heterocycles. The van der Waals surface area contributed by atoms with Crippen LogP contribution in [-0.4, -0.2) is 65.0 Å². The van der Waals surface area contributed by atoms with Gasteiger partial charge in [0.2, 0.25) is 5.91 Å². The number of carbonyl (C=O) groups is 3. The molecule has 7 nitrogen and oxygen atoms in total. The monoisotopic (exact) mass is 362 g/mol. The summed E-state index contributed by atoms with van der Waals surface area (Å²) in [6.07, 6.45) is 1.99. The number of benzene rings is 1. The van der Waals surface area contributed by atoms with Crippen LogP contribution in [0.15, 0.2) is 24.3 Å². The molecule has 0 bridgehead atoms. The molecular weight excluding hydrogens is 336 g/mol. The molecule has 1 saturated heterocycles. The zero-order valence-corrected chi connectivity index (χ0v) is 15.3. The lowest BCUT2D eigenvalue weighted by molar-refractivity contribution is -0.145. The molecule has 2 amide bonds. The minimum absolute atomic E-state index is 0.0696. The van der Waals surface area contributed by atoms with E-state index in [0.717, 1.165) is 6.42 Å². The first kappa shape index (κ1) is 19.8. The maximum atomic E-state index is 12.8. The van der Waals surface area contributed by atoms with Crippen LogP contribution >= 0.6 is 0 Å². The third-order valence-corrected chi connectivity index (χ3v) is 4.53. The smallest absolute Gasteiger partial charge is 0.323 e. The van der Waals surface area contributed by atoms with Crippen molar-refractivity contribution < 1.29 is 24.2 Å². The number of carbonyl (C=O) groups excluding carboxylic acids is 2. The van der Waals surface area contributed by atoms with Crippen molar-refractivity contribution in [3.05, 3.63) is 29.8 Å². The number of carboxylic acids is 1. The van der Waals surface area contributed by atoms with E-state index in [9.17, 15) is 14.4 Å². The Morgan fingerprint density at radius 3 is 2.69 bits per heavy atom. The van der Waals surface area contributed by atoms with Crippen LogP contribution in [0, 0.1) is 0 Å². The summed E-state index contributed by atoms with van der Waals surface area (Å²) in [7, 11) is 0. The first-order valence-corrected chi connectivity index (χ1v) is 8.93. The molecule has 1 aromatic rings. The lowest BCUT2D eigenvalue weighted by atomic mass is 10.1. The Bertz CT molecular complexity index is 661. The van der Waals surface area contributed by atoms with Crippen LogP contribution in [-0.2, 0) is 9.59 Å². The molecule has 0 aliphatic carbocycles. The number of likely N-dealkylation sites (tertiary alicyclic amines) is 1. The highest BCUT2D eigenvalue weighted by Gasteiger charge is 2.28.